The largest absolute Gasteiger partial charge is 0.491 e. The van der Waals surface area contributed by atoms with Crippen LogP contribution in [0.1, 0.15) is 25.3 Å². The second-order valence-corrected chi connectivity index (χ2v) is 8.63. The summed E-state index contributed by atoms with van der Waals surface area (Å²) in [7, 11) is 0. The summed E-state index contributed by atoms with van der Waals surface area (Å²) in [4.78, 5) is 19.9. The molecule has 4 aliphatic rings. The molecule has 0 aliphatic carbocycles. The maximum atomic E-state index is 12.9. The maximum absolute atomic E-state index is 12.9. The van der Waals surface area contributed by atoms with Gasteiger partial charge in [0.2, 0.25) is 12.6 Å². The van der Waals surface area contributed by atoms with E-state index in [4.69, 9.17) is 18.9 Å². The van der Waals surface area contributed by atoms with Crippen LogP contribution in [0, 0.1) is 0 Å². The van der Waals surface area contributed by atoms with Gasteiger partial charge in [0.05, 0.1) is 0 Å². The van der Waals surface area contributed by atoms with Gasteiger partial charge >= 0.3 is 0 Å². The molecule has 4 aliphatic heterocycles. The molecule has 8 nitrogen and oxygen atoms in total. The Hall–Kier alpha value is -2.45. The lowest BCUT2D eigenvalue weighted by Gasteiger charge is -2.43. The monoisotopic (exact) mass is 429 g/mol. The highest BCUT2D eigenvalue weighted by molar-refractivity contribution is 5.92. The quantitative estimate of drug-likeness (QED) is 0.723. The minimum atomic E-state index is -0.0247. The Kier molecular flexibility index (Phi) is 5.91. The van der Waals surface area contributed by atoms with Crippen LogP contribution in [-0.4, -0.2) is 85.9 Å². The van der Waals surface area contributed by atoms with Crippen LogP contribution in [0.2, 0.25) is 0 Å². The molecular formula is C23H31N3O5. The van der Waals surface area contributed by atoms with E-state index < -0.39 is 0 Å². The number of fused-ring (bicyclic) bond motifs is 1. The predicted molar refractivity (Wildman–Crippen MR) is 114 cm³/mol. The van der Waals surface area contributed by atoms with Gasteiger partial charge in [-0.05, 0) is 37.5 Å². The molecule has 2 fully saturated rings. The van der Waals surface area contributed by atoms with E-state index in [1.807, 2.05) is 17.9 Å². The van der Waals surface area contributed by atoms with Gasteiger partial charge in [-0.3, -0.25) is 14.6 Å². The van der Waals surface area contributed by atoms with Crippen LogP contribution in [0.25, 0.3) is 0 Å². The number of ether oxygens (including phenoxy) is 4. The number of carbonyl (C=O) groups is 1. The van der Waals surface area contributed by atoms with Crippen LogP contribution in [0.3, 0.4) is 0 Å². The molecule has 8 heteroatoms. The molecule has 1 amide bonds. The maximum Gasteiger partial charge on any atom is 0.292 e. The predicted octanol–water partition coefficient (Wildman–Crippen LogP) is 1.80. The van der Waals surface area contributed by atoms with E-state index in [1.165, 1.54) is 5.56 Å². The third kappa shape index (κ3) is 4.45. The molecule has 31 heavy (non-hydrogen) atoms. The van der Waals surface area contributed by atoms with Gasteiger partial charge in [0.1, 0.15) is 19.0 Å². The van der Waals surface area contributed by atoms with Gasteiger partial charge in [-0.25, -0.2) is 0 Å². The smallest absolute Gasteiger partial charge is 0.292 e. The number of amides is 1. The number of hydrogen-bond donors (Lipinski definition) is 0. The Bertz CT molecular complexity index is 850. The molecule has 5 rings (SSSR count). The second-order valence-electron chi connectivity index (χ2n) is 8.63. The number of hydrogen-bond acceptors (Lipinski definition) is 7. The minimum absolute atomic E-state index is 0.0247. The van der Waals surface area contributed by atoms with Gasteiger partial charge in [-0.2, -0.15) is 0 Å². The summed E-state index contributed by atoms with van der Waals surface area (Å²) < 4.78 is 22.0. The summed E-state index contributed by atoms with van der Waals surface area (Å²) in [6.45, 7) is 9.67. The second kappa shape index (κ2) is 8.96. The van der Waals surface area contributed by atoms with Crippen molar-refractivity contribution in [2.75, 3.05) is 59.3 Å². The normalized spacial score (nSPS) is 24.7. The molecule has 1 aromatic carbocycles. The van der Waals surface area contributed by atoms with Crippen molar-refractivity contribution < 1.29 is 23.7 Å². The van der Waals surface area contributed by atoms with Gasteiger partial charge in [0, 0.05) is 51.9 Å². The molecule has 168 valence electrons. The number of piperazine rings is 1. The fourth-order valence-corrected chi connectivity index (χ4v) is 4.88. The average molecular weight is 430 g/mol. The number of rotatable bonds is 4. The first-order valence-corrected chi connectivity index (χ1v) is 11.3. The van der Waals surface area contributed by atoms with Crippen LogP contribution >= 0.6 is 0 Å². The van der Waals surface area contributed by atoms with Crippen molar-refractivity contribution in [1.29, 1.82) is 0 Å². The van der Waals surface area contributed by atoms with Gasteiger partial charge < -0.3 is 23.8 Å². The zero-order valence-electron chi connectivity index (χ0n) is 18.2. The van der Waals surface area contributed by atoms with Gasteiger partial charge in [-0.15, -0.1) is 0 Å². The van der Waals surface area contributed by atoms with Crippen LogP contribution in [0.5, 0.6) is 11.5 Å². The Balaban J connectivity index is 1.14. The molecule has 0 unspecified atom stereocenters. The van der Waals surface area contributed by atoms with E-state index in [1.54, 1.807) is 0 Å². The van der Waals surface area contributed by atoms with E-state index in [0.717, 1.165) is 70.2 Å². The lowest BCUT2D eigenvalue weighted by atomic mass is 10.0. The summed E-state index contributed by atoms with van der Waals surface area (Å²) in [5.41, 5.74) is 1.26. The van der Waals surface area contributed by atoms with Crippen molar-refractivity contribution in [3.05, 3.63) is 35.3 Å². The van der Waals surface area contributed by atoms with Crippen LogP contribution < -0.4 is 9.47 Å². The van der Waals surface area contributed by atoms with E-state index in [2.05, 4.69) is 21.9 Å². The first-order chi connectivity index (χ1) is 15.2. The molecule has 2 saturated heterocycles. The Morgan fingerprint density at radius 3 is 2.65 bits per heavy atom. The summed E-state index contributed by atoms with van der Waals surface area (Å²) in [6.07, 6.45) is 2.17. The topological polar surface area (TPSA) is 63.7 Å². The number of piperidine rings is 1. The summed E-state index contributed by atoms with van der Waals surface area (Å²) >= 11 is 0. The Morgan fingerprint density at radius 2 is 1.81 bits per heavy atom. The van der Waals surface area contributed by atoms with Crippen molar-refractivity contribution >= 4 is 5.91 Å². The summed E-state index contributed by atoms with van der Waals surface area (Å²) in [5.74, 6) is 2.65. The van der Waals surface area contributed by atoms with Gasteiger partial charge in [-0.1, -0.05) is 6.07 Å². The number of carbonyl (C=O) groups excluding carboxylic acids is 1. The summed E-state index contributed by atoms with van der Waals surface area (Å²) in [6, 6.07) is 6.63. The van der Waals surface area contributed by atoms with E-state index in [0.29, 0.717) is 37.6 Å². The first kappa shape index (κ1) is 20.5. The molecule has 0 N–H and O–H groups in total. The fraction of sp³-hybridized carbons (Fsp3) is 0.609. The third-order valence-corrected chi connectivity index (χ3v) is 6.61. The number of nitrogens with zero attached hydrogens (tertiary/aromatic N) is 3. The molecule has 4 heterocycles. The van der Waals surface area contributed by atoms with Crippen LogP contribution in [0.4, 0.5) is 0 Å². The van der Waals surface area contributed by atoms with E-state index in [-0.39, 0.29) is 5.91 Å². The van der Waals surface area contributed by atoms with Crippen molar-refractivity contribution in [2.45, 2.75) is 32.4 Å². The number of likely N-dealkylation sites (tertiary alicyclic amines) is 1. The first-order valence-electron chi connectivity index (χ1n) is 11.3. The highest BCUT2D eigenvalue weighted by Gasteiger charge is 2.33. The minimum Gasteiger partial charge on any atom is -0.491 e. The standard InChI is InChI=1S/C23H31N3O5/c1-17-22(29-12-11-28-17)23(27)26-6-2-3-19(15-26)25-9-7-24(8-10-25)14-18-4-5-20-21(13-18)31-16-30-20/h4-5,13,19H,2-3,6-12,14-16H2,1H3/t19-/m1/s1. The zero-order valence-corrected chi connectivity index (χ0v) is 18.2. The number of benzene rings is 1. The van der Waals surface area contributed by atoms with Crippen molar-refractivity contribution in [3.63, 3.8) is 0 Å². The van der Waals surface area contributed by atoms with Crippen LogP contribution in [-0.2, 0) is 20.8 Å². The summed E-state index contributed by atoms with van der Waals surface area (Å²) in [5, 5.41) is 0. The van der Waals surface area contributed by atoms with E-state index >= 15 is 0 Å². The average Bonchev–Trinajstić information content (AvgIpc) is 3.27. The van der Waals surface area contributed by atoms with Crippen molar-refractivity contribution in [2.24, 2.45) is 0 Å². The molecule has 1 atom stereocenters. The van der Waals surface area contributed by atoms with E-state index in [9.17, 15) is 4.79 Å². The van der Waals surface area contributed by atoms with Crippen molar-refractivity contribution in [1.82, 2.24) is 14.7 Å². The Labute approximate surface area is 183 Å². The molecule has 0 saturated carbocycles. The number of allylic oxidation sites excluding steroid dienone is 1. The molecular weight excluding hydrogens is 398 g/mol. The molecule has 0 radical (unpaired) electrons. The SMILES string of the molecule is CC1=C(C(=O)N2CCC[C@@H](N3CCN(Cc4ccc5c(c4)OCO5)CC3)C2)OCCO1. The molecule has 1 aromatic rings. The fourth-order valence-electron chi connectivity index (χ4n) is 4.88. The zero-order chi connectivity index (χ0) is 21.2. The Morgan fingerprint density at radius 1 is 1.00 bits per heavy atom. The van der Waals surface area contributed by atoms with Gasteiger partial charge in [0.25, 0.3) is 5.91 Å². The lowest BCUT2D eigenvalue weighted by Crippen LogP contribution is -2.55. The molecule has 0 aromatic heterocycles. The highest BCUT2D eigenvalue weighted by atomic mass is 16.7. The van der Waals surface area contributed by atoms with Crippen LogP contribution in [0.15, 0.2) is 29.7 Å². The lowest BCUT2D eigenvalue weighted by molar-refractivity contribution is -0.135. The highest BCUT2D eigenvalue weighted by Crippen LogP contribution is 2.33. The van der Waals surface area contributed by atoms with Crippen molar-refractivity contribution in [3.8, 4) is 11.5 Å². The third-order valence-electron chi connectivity index (χ3n) is 6.61. The molecule has 0 spiro atoms. The molecule has 0 bridgehead atoms. The van der Waals surface area contributed by atoms with Gasteiger partial charge in [0.15, 0.2) is 11.5 Å².